The van der Waals surface area contributed by atoms with Gasteiger partial charge in [-0.1, -0.05) is 35.9 Å². The molecule has 4 rings (SSSR count). The lowest BCUT2D eigenvalue weighted by molar-refractivity contribution is -0.119. The monoisotopic (exact) mass is 440 g/mol. The number of ether oxygens (including phenoxy) is 2. The molecule has 1 heterocycles. The van der Waals surface area contributed by atoms with E-state index in [9.17, 15) is 9.59 Å². The van der Waals surface area contributed by atoms with Gasteiger partial charge in [-0.25, -0.2) is 9.78 Å². The SMILES string of the molecule is COc1ccc(-c2cc(C(=O)OCC(=O)Nc3ccc(C)cc3C)c3ccccc3n2)cc1. The van der Waals surface area contributed by atoms with Gasteiger partial charge in [0.05, 0.1) is 23.9 Å². The highest BCUT2D eigenvalue weighted by molar-refractivity contribution is 6.05. The summed E-state index contributed by atoms with van der Waals surface area (Å²) < 4.78 is 10.6. The van der Waals surface area contributed by atoms with E-state index in [2.05, 4.69) is 10.3 Å². The van der Waals surface area contributed by atoms with Crippen molar-refractivity contribution in [3.63, 3.8) is 0 Å². The quantitative estimate of drug-likeness (QED) is 0.411. The number of anilines is 1. The van der Waals surface area contributed by atoms with Crippen LogP contribution in [0, 0.1) is 13.8 Å². The summed E-state index contributed by atoms with van der Waals surface area (Å²) in [6.07, 6.45) is 0. The van der Waals surface area contributed by atoms with Gasteiger partial charge in [0.15, 0.2) is 6.61 Å². The highest BCUT2D eigenvalue weighted by Crippen LogP contribution is 2.27. The number of carbonyl (C=O) groups excluding carboxylic acids is 2. The number of aryl methyl sites for hydroxylation is 2. The van der Waals surface area contributed by atoms with Gasteiger partial charge in [0.2, 0.25) is 0 Å². The number of benzene rings is 3. The number of carbonyl (C=O) groups is 2. The second-order valence-electron chi connectivity index (χ2n) is 7.74. The number of hydrogen-bond donors (Lipinski definition) is 1. The smallest absolute Gasteiger partial charge is 0.339 e. The van der Waals surface area contributed by atoms with Crippen LogP contribution in [0.25, 0.3) is 22.2 Å². The van der Waals surface area contributed by atoms with E-state index in [4.69, 9.17) is 9.47 Å². The largest absolute Gasteiger partial charge is 0.497 e. The maximum atomic E-state index is 13.0. The first-order valence-electron chi connectivity index (χ1n) is 10.5. The van der Waals surface area contributed by atoms with Gasteiger partial charge in [-0.15, -0.1) is 0 Å². The Morgan fingerprint density at radius 2 is 1.70 bits per heavy atom. The summed E-state index contributed by atoms with van der Waals surface area (Å²) in [6.45, 7) is 3.51. The van der Waals surface area contributed by atoms with Crippen molar-refractivity contribution in [2.75, 3.05) is 19.0 Å². The third kappa shape index (κ3) is 5.01. The lowest BCUT2D eigenvalue weighted by atomic mass is 10.0. The van der Waals surface area contributed by atoms with E-state index in [0.29, 0.717) is 27.8 Å². The Morgan fingerprint density at radius 3 is 2.42 bits per heavy atom. The first-order valence-corrected chi connectivity index (χ1v) is 10.5. The van der Waals surface area contributed by atoms with E-state index in [1.54, 1.807) is 13.2 Å². The van der Waals surface area contributed by atoms with Crippen molar-refractivity contribution >= 4 is 28.5 Å². The van der Waals surface area contributed by atoms with Crippen LogP contribution in [0.5, 0.6) is 5.75 Å². The molecule has 0 aliphatic carbocycles. The molecule has 0 atom stereocenters. The van der Waals surface area contributed by atoms with E-state index >= 15 is 0 Å². The van der Waals surface area contributed by atoms with Crippen LogP contribution in [0.2, 0.25) is 0 Å². The van der Waals surface area contributed by atoms with E-state index in [1.807, 2.05) is 80.6 Å². The van der Waals surface area contributed by atoms with Gasteiger partial charge in [-0.3, -0.25) is 4.79 Å². The number of amides is 1. The van der Waals surface area contributed by atoms with E-state index < -0.39 is 11.9 Å². The van der Waals surface area contributed by atoms with E-state index in [1.165, 1.54) is 0 Å². The maximum absolute atomic E-state index is 13.0. The second kappa shape index (κ2) is 9.53. The molecule has 0 radical (unpaired) electrons. The van der Waals surface area contributed by atoms with Crippen molar-refractivity contribution in [3.8, 4) is 17.0 Å². The first-order chi connectivity index (χ1) is 15.9. The molecule has 0 fully saturated rings. The summed E-state index contributed by atoms with van der Waals surface area (Å²) in [5.74, 6) is -0.253. The van der Waals surface area contributed by atoms with Crippen LogP contribution >= 0.6 is 0 Å². The molecular formula is C27H24N2O4. The van der Waals surface area contributed by atoms with Crippen LogP contribution in [0.1, 0.15) is 21.5 Å². The molecule has 0 bridgehead atoms. The van der Waals surface area contributed by atoms with Crippen molar-refractivity contribution in [2.24, 2.45) is 0 Å². The molecule has 0 spiro atoms. The first kappa shape index (κ1) is 22.0. The minimum atomic E-state index is -0.584. The summed E-state index contributed by atoms with van der Waals surface area (Å²) in [6, 6.07) is 22.2. The van der Waals surface area contributed by atoms with Crippen molar-refractivity contribution in [2.45, 2.75) is 13.8 Å². The van der Waals surface area contributed by atoms with Gasteiger partial charge in [0, 0.05) is 16.6 Å². The van der Waals surface area contributed by atoms with Gasteiger partial charge >= 0.3 is 5.97 Å². The third-order valence-electron chi connectivity index (χ3n) is 5.31. The van der Waals surface area contributed by atoms with Crippen molar-refractivity contribution in [1.82, 2.24) is 4.98 Å². The summed E-state index contributed by atoms with van der Waals surface area (Å²) in [5, 5.41) is 3.45. The number of hydrogen-bond acceptors (Lipinski definition) is 5. The highest BCUT2D eigenvalue weighted by atomic mass is 16.5. The fourth-order valence-electron chi connectivity index (χ4n) is 3.60. The average molecular weight is 440 g/mol. The topological polar surface area (TPSA) is 77.5 Å². The molecule has 33 heavy (non-hydrogen) atoms. The van der Waals surface area contributed by atoms with Crippen molar-refractivity contribution in [3.05, 3.63) is 89.5 Å². The number of nitrogens with zero attached hydrogens (tertiary/aromatic N) is 1. The molecule has 6 nitrogen and oxygen atoms in total. The molecule has 0 saturated carbocycles. The Balaban J connectivity index is 1.56. The molecule has 3 aromatic carbocycles. The summed E-state index contributed by atoms with van der Waals surface area (Å²) >= 11 is 0. The molecule has 166 valence electrons. The average Bonchev–Trinajstić information content (AvgIpc) is 2.83. The normalized spacial score (nSPS) is 10.6. The minimum Gasteiger partial charge on any atom is -0.497 e. The maximum Gasteiger partial charge on any atom is 0.339 e. The van der Waals surface area contributed by atoms with Gasteiger partial charge in [-0.2, -0.15) is 0 Å². The van der Waals surface area contributed by atoms with Crippen LogP contribution in [0.3, 0.4) is 0 Å². The lowest BCUT2D eigenvalue weighted by Gasteiger charge is -2.12. The lowest BCUT2D eigenvalue weighted by Crippen LogP contribution is -2.21. The Morgan fingerprint density at radius 1 is 0.939 bits per heavy atom. The molecule has 0 aliphatic rings. The number of esters is 1. The summed E-state index contributed by atoms with van der Waals surface area (Å²) in [5.41, 5.74) is 5.22. The molecule has 0 unspecified atom stereocenters. The van der Waals surface area contributed by atoms with Crippen LogP contribution in [-0.4, -0.2) is 30.6 Å². The number of rotatable bonds is 6. The van der Waals surface area contributed by atoms with Crippen LogP contribution < -0.4 is 10.1 Å². The number of aromatic nitrogens is 1. The number of nitrogens with one attached hydrogen (secondary N) is 1. The zero-order valence-electron chi connectivity index (χ0n) is 18.7. The Kier molecular flexibility index (Phi) is 6.36. The zero-order chi connectivity index (χ0) is 23.4. The van der Waals surface area contributed by atoms with Gasteiger partial charge in [0.1, 0.15) is 5.75 Å². The standard InChI is InChI=1S/C27H24N2O4/c1-17-8-13-23(18(2)14-17)29-26(30)16-33-27(31)22-15-25(19-9-11-20(32-3)12-10-19)28-24-7-5-4-6-21(22)24/h4-15H,16H2,1-3H3,(H,29,30). The van der Waals surface area contributed by atoms with Gasteiger partial charge in [-0.05, 0) is 61.9 Å². The Hall–Kier alpha value is -4.19. The van der Waals surface area contributed by atoms with Gasteiger partial charge < -0.3 is 14.8 Å². The number of methoxy groups -OCH3 is 1. The van der Waals surface area contributed by atoms with E-state index in [0.717, 1.165) is 22.4 Å². The predicted molar refractivity (Wildman–Crippen MR) is 129 cm³/mol. The van der Waals surface area contributed by atoms with E-state index in [-0.39, 0.29) is 6.61 Å². The molecule has 0 aliphatic heterocycles. The molecule has 4 aromatic rings. The molecular weight excluding hydrogens is 416 g/mol. The Labute approximate surface area is 192 Å². The number of pyridine rings is 1. The number of para-hydroxylation sites is 1. The fourth-order valence-corrected chi connectivity index (χ4v) is 3.60. The fraction of sp³-hybridized carbons (Fsp3) is 0.148. The van der Waals surface area contributed by atoms with Crippen molar-refractivity contribution in [1.29, 1.82) is 0 Å². The van der Waals surface area contributed by atoms with Crippen LogP contribution in [0.4, 0.5) is 5.69 Å². The molecule has 6 heteroatoms. The molecule has 1 N–H and O–H groups in total. The molecule has 0 saturated heterocycles. The Bertz CT molecular complexity index is 1330. The third-order valence-corrected chi connectivity index (χ3v) is 5.31. The molecule has 1 aromatic heterocycles. The number of fused-ring (bicyclic) bond motifs is 1. The van der Waals surface area contributed by atoms with Crippen LogP contribution in [0.15, 0.2) is 72.8 Å². The molecule has 1 amide bonds. The summed E-state index contributed by atoms with van der Waals surface area (Å²) in [7, 11) is 1.60. The zero-order valence-corrected chi connectivity index (χ0v) is 18.7. The second-order valence-corrected chi connectivity index (χ2v) is 7.74. The highest BCUT2D eigenvalue weighted by Gasteiger charge is 2.17. The minimum absolute atomic E-state index is 0.353. The summed E-state index contributed by atoms with van der Waals surface area (Å²) in [4.78, 5) is 30.0. The van der Waals surface area contributed by atoms with Crippen molar-refractivity contribution < 1.29 is 19.1 Å². The van der Waals surface area contributed by atoms with Gasteiger partial charge in [0.25, 0.3) is 5.91 Å². The van der Waals surface area contributed by atoms with Crippen LogP contribution in [-0.2, 0) is 9.53 Å². The predicted octanol–water partition coefficient (Wildman–Crippen LogP) is 5.32.